The van der Waals surface area contributed by atoms with Gasteiger partial charge in [-0.25, -0.2) is 9.97 Å². The summed E-state index contributed by atoms with van der Waals surface area (Å²) >= 11 is 1.55. The molecular formula is C26H30N4O3S. The first-order chi connectivity index (χ1) is 16.6. The maximum absolute atomic E-state index is 13.7. The number of rotatable bonds is 11. The fraction of sp³-hybridized carbons (Fsp3) is 0.346. The second-order valence-electron chi connectivity index (χ2n) is 7.79. The number of benzene rings is 2. The first-order valence-corrected chi connectivity index (χ1v) is 12.5. The van der Waals surface area contributed by atoms with Gasteiger partial charge in [0.1, 0.15) is 0 Å². The zero-order valence-corrected chi connectivity index (χ0v) is 20.7. The number of aryl methyl sites for hydroxylation is 2. The molecule has 4 aromatic rings. The minimum atomic E-state index is -0.107. The van der Waals surface area contributed by atoms with Crippen LogP contribution in [0.25, 0.3) is 10.2 Å². The van der Waals surface area contributed by atoms with Crippen LogP contribution in [-0.2, 0) is 13.0 Å². The number of thiazole rings is 1. The quantitative estimate of drug-likeness (QED) is 0.281. The van der Waals surface area contributed by atoms with E-state index in [0.717, 1.165) is 29.6 Å². The third-order valence-electron chi connectivity index (χ3n) is 5.47. The first-order valence-electron chi connectivity index (χ1n) is 11.7. The number of hydrogen-bond donors (Lipinski definition) is 0. The van der Waals surface area contributed by atoms with E-state index in [1.807, 2.05) is 30.7 Å². The van der Waals surface area contributed by atoms with Crippen molar-refractivity contribution in [2.24, 2.45) is 0 Å². The number of carbonyl (C=O) groups excluding carboxylic acids is 1. The molecule has 0 aliphatic carbocycles. The Balaban J connectivity index is 1.65. The van der Waals surface area contributed by atoms with Gasteiger partial charge >= 0.3 is 0 Å². The summed E-state index contributed by atoms with van der Waals surface area (Å²) in [5.41, 5.74) is 2.71. The van der Waals surface area contributed by atoms with Crippen molar-refractivity contribution in [1.29, 1.82) is 0 Å². The Kier molecular flexibility index (Phi) is 7.80. The monoisotopic (exact) mass is 478 g/mol. The minimum Gasteiger partial charge on any atom is -0.490 e. The normalized spacial score (nSPS) is 11.0. The van der Waals surface area contributed by atoms with Crippen LogP contribution in [0.4, 0.5) is 5.13 Å². The zero-order valence-electron chi connectivity index (χ0n) is 19.9. The van der Waals surface area contributed by atoms with Gasteiger partial charge in [-0.3, -0.25) is 9.69 Å². The van der Waals surface area contributed by atoms with Gasteiger partial charge in [-0.2, -0.15) is 0 Å². The fourth-order valence-corrected chi connectivity index (χ4v) is 4.80. The standard InChI is InChI=1S/C26H30N4O3S/c1-4-19-8-10-21-24(16-19)34-26(28-21)30(14-7-13-29-15-12-27-18-29)25(31)20-9-11-22(32-5-2)23(17-20)33-6-3/h8-12,15-18H,4-7,13-14H2,1-3H3. The van der Waals surface area contributed by atoms with E-state index < -0.39 is 0 Å². The summed E-state index contributed by atoms with van der Waals surface area (Å²) in [6.07, 6.45) is 7.21. The lowest BCUT2D eigenvalue weighted by atomic mass is 10.1. The van der Waals surface area contributed by atoms with E-state index >= 15 is 0 Å². The summed E-state index contributed by atoms with van der Waals surface area (Å²) in [4.78, 5) is 24.4. The summed E-state index contributed by atoms with van der Waals surface area (Å²) < 4.78 is 14.5. The molecule has 7 nitrogen and oxygen atoms in total. The van der Waals surface area contributed by atoms with Crippen molar-refractivity contribution in [3.63, 3.8) is 0 Å². The summed E-state index contributed by atoms with van der Waals surface area (Å²) in [5.74, 6) is 1.11. The Labute approximate surface area is 204 Å². The average molecular weight is 479 g/mol. The Bertz CT molecular complexity index is 1240. The van der Waals surface area contributed by atoms with Crippen LogP contribution < -0.4 is 14.4 Å². The largest absolute Gasteiger partial charge is 0.490 e. The molecule has 2 aromatic carbocycles. The maximum atomic E-state index is 13.7. The molecule has 2 aromatic heterocycles. The summed E-state index contributed by atoms with van der Waals surface area (Å²) in [6.45, 7) is 8.29. The highest BCUT2D eigenvalue weighted by Crippen LogP contribution is 2.33. The van der Waals surface area contributed by atoms with Crippen LogP contribution in [0, 0.1) is 0 Å². The Morgan fingerprint density at radius 3 is 2.62 bits per heavy atom. The molecule has 0 spiro atoms. The van der Waals surface area contributed by atoms with E-state index in [4.69, 9.17) is 14.5 Å². The maximum Gasteiger partial charge on any atom is 0.260 e. The van der Waals surface area contributed by atoms with Crippen LogP contribution in [-0.4, -0.2) is 40.2 Å². The van der Waals surface area contributed by atoms with Gasteiger partial charge in [0.25, 0.3) is 5.91 Å². The van der Waals surface area contributed by atoms with Gasteiger partial charge in [0.2, 0.25) is 0 Å². The number of anilines is 1. The van der Waals surface area contributed by atoms with Gasteiger partial charge < -0.3 is 14.0 Å². The molecule has 2 heterocycles. The minimum absolute atomic E-state index is 0.107. The topological polar surface area (TPSA) is 69.5 Å². The molecule has 0 saturated heterocycles. The second-order valence-corrected chi connectivity index (χ2v) is 8.80. The predicted molar refractivity (Wildman–Crippen MR) is 136 cm³/mol. The van der Waals surface area contributed by atoms with Gasteiger partial charge in [-0.15, -0.1) is 0 Å². The van der Waals surface area contributed by atoms with E-state index in [9.17, 15) is 4.79 Å². The molecule has 0 bridgehead atoms. The van der Waals surface area contributed by atoms with Gasteiger partial charge in [0, 0.05) is 31.0 Å². The molecule has 0 N–H and O–H groups in total. The van der Waals surface area contributed by atoms with Crippen molar-refractivity contribution < 1.29 is 14.3 Å². The second kappa shape index (κ2) is 11.2. The molecule has 0 atom stereocenters. The molecule has 34 heavy (non-hydrogen) atoms. The Morgan fingerprint density at radius 1 is 1.06 bits per heavy atom. The van der Waals surface area contributed by atoms with Crippen molar-refractivity contribution in [1.82, 2.24) is 14.5 Å². The lowest BCUT2D eigenvalue weighted by Gasteiger charge is -2.21. The third kappa shape index (κ3) is 5.39. The highest BCUT2D eigenvalue weighted by atomic mass is 32.1. The number of nitrogens with zero attached hydrogens (tertiary/aromatic N) is 4. The Morgan fingerprint density at radius 2 is 1.88 bits per heavy atom. The van der Waals surface area contributed by atoms with Gasteiger partial charge in [0.05, 0.1) is 29.8 Å². The molecule has 8 heteroatoms. The number of hydrogen-bond acceptors (Lipinski definition) is 6. The van der Waals surface area contributed by atoms with Crippen LogP contribution >= 0.6 is 11.3 Å². The van der Waals surface area contributed by atoms with Gasteiger partial charge in [-0.1, -0.05) is 24.3 Å². The fourth-order valence-electron chi connectivity index (χ4n) is 3.75. The van der Waals surface area contributed by atoms with Crippen molar-refractivity contribution in [2.45, 2.75) is 40.2 Å². The lowest BCUT2D eigenvalue weighted by molar-refractivity contribution is 0.0985. The molecular weight excluding hydrogens is 448 g/mol. The number of carbonyl (C=O) groups is 1. The highest BCUT2D eigenvalue weighted by Gasteiger charge is 2.23. The SMILES string of the molecule is CCOc1ccc(C(=O)N(CCCn2ccnc2)c2nc3ccc(CC)cc3s2)cc1OCC. The zero-order chi connectivity index (χ0) is 23.9. The molecule has 178 valence electrons. The number of imidazole rings is 1. The smallest absolute Gasteiger partial charge is 0.260 e. The summed E-state index contributed by atoms with van der Waals surface area (Å²) in [5, 5.41) is 0.700. The molecule has 0 unspecified atom stereocenters. The van der Waals surface area contributed by atoms with E-state index in [-0.39, 0.29) is 5.91 Å². The highest BCUT2D eigenvalue weighted by molar-refractivity contribution is 7.22. The van der Waals surface area contributed by atoms with Crippen molar-refractivity contribution in [3.05, 3.63) is 66.2 Å². The number of aromatic nitrogens is 3. The lowest BCUT2D eigenvalue weighted by Crippen LogP contribution is -2.32. The molecule has 0 aliphatic rings. The molecule has 0 saturated carbocycles. The molecule has 0 radical (unpaired) electrons. The van der Waals surface area contributed by atoms with Crippen LogP contribution in [0.1, 0.15) is 43.1 Å². The number of ether oxygens (including phenoxy) is 2. The van der Waals surface area contributed by atoms with E-state index in [2.05, 4.69) is 24.0 Å². The number of amides is 1. The summed E-state index contributed by atoms with van der Waals surface area (Å²) in [6, 6.07) is 11.7. The van der Waals surface area contributed by atoms with Crippen molar-refractivity contribution in [3.8, 4) is 11.5 Å². The molecule has 4 rings (SSSR count). The predicted octanol–water partition coefficient (Wildman–Crippen LogP) is 5.59. The third-order valence-corrected chi connectivity index (χ3v) is 6.51. The molecule has 0 aliphatic heterocycles. The van der Waals surface area contributed by atoms with Crippen LogP contribution in [0.3, 0.4) is 0 Å². The van der Waals surface area contributed by atoms with E-state index in [0.29, 0.717) is 42.0 Å². The Hall–Kier alpha value is -3.39. The average Bonchev–Trinajstić information content (AvgIpc) is 3.52. The number of fused-ring (bicyclic) bond motifs is 1. The van der Waals surface area contributed by atoms with Crippen molar-refractivity contribution in [2.75, 3.05) is 24.7 Å². The molecule has 1 amide bonds. The molecule has 0 fully saturated rings. The van der Waals surface area contributed by atoms with Gasteiger partial charge in [-0.05, 0) is 62.6 Å². The van der Waals surface area contributed by atoms with E-state index in [1.165, 1.54) is 5.56 Å². The van der Waals surface area contributed by atoms with Gasteiger partial charge in [0.15, 0.2) is 16.6 Å². The summed E-state index contributed by atoms with van der Waals surface area (Å²) in [7, 11) is 0. The van der Waals surface area contributed by atoms with Crippen LogP contribution in [0.15, 0.2) is 55.1 Å². The van der Waals surface area contributed by atoms with E-state index in [1.54, 1.807) is 47.0 Å². The first kappa shape index (κ1) is 23.8. The van der Waals surface area contributed by atoms with Crippen LogP contribution in [0.5, 0.6) is 11.5 Å². The van der Waals surface area contributed by atoms with Crippen molar-refractivity contribution >= 4 is 32.6 Å². The van der Waals surface area contributed by atoms with Crippen LogP contribution in [0.2, 0.25) is 0 Å².